The average molecular weight is 341 g/mol. The van der Waals surface area contributed by atoms with Gasteiger partial charge in [-0.05, 0) is 32.4 Å². The lowest BCUT2D eigenvalue weighted by molar-refractivity contribution is 0.0901. The van der Waals surface area contributed by atoms with Crippen molar-refractivity contribution < 1.29 is 4.79 Å². The standard InChI is InChI=1S/C17H19N5OS/c1-4-17(3,16-19-9-10-24-16)21-15(23)13-11-20-22(12(13)2)14-7-5-6-8-18-14/h5-11H,4H2,1-3H3,(H,21,23)/t17-/m1/s1. The molecule has 3 heterocycles. The topological polar surface area (TPSA) is 72.7 Å². The first kappa shape index (κ1) is 16.3. The predicted molar refractivity (Wildman–Crippen MR) is 93.3 cm³/mol. The van der Waals surface area contributed by atoms with Crippen LogP contribution in [0.25, 0.3) is 5.82 Å². The molecule has 0 fully saturated rings. The van der Waals surface area contributed by atoms with E-state index >= 15 is 0 Å². The quantitative estimate of drug-likeness (QED) is 0.774. The number of nitrogens with one attached hydrogen (secondary N) is 1. The van der Waals surface area contributed by atoms with Gasteiger partial charge < -0.3 is 5.32 Å². The lowest BCUT2D eigenvalue weighted by Gasteiger charge is -2.27. The Hall–Kier alpha value is -2.54. The summed E-state index contributed by atoms with van der Waals surface area (Å²) in [6.45, 7) is 5.89. The molecular weight excluding hydrogens is 322 g/mol. The largest absolute Gasteiger partial charge is 0.340 e. The van der Waals surface area contributed by atoms with Crippen molar-refractivity contribution in [1.29, 1.82) is 0 Å². The van der Waals surface area contributed by atoms with Gasteiger partial charge in [0.2, 0.25) is 0 Å². The van der Waals surface area contributed by atoms with E-state index < -0.39 is 5.54 Å². The Morgan fingerprint density at radius 1 is 1.33 bits per heavy atom. The second-order valence-corrected chi connectivity index (χ2v) is 6.62. The maximum absolute atomic E-state index is 12.8. The summed E-state index contributed by atoms with van der Waals surface area (Å²) >= 11 is 1.54. The third-order valence-corrected chi connectivity index (χ3v) is 5.16. The third-order valence-electron chi connectivity index (χ3n) is 4.12. The van der Waals surface area contributed by atoms with Crippen LogP contribution in [0.2, 0.25) is 0 Å². The van der Waals surface area contributed by atoms with Gasteiger partial charge in [-0.25, -0.2) is 14.6 Å². The molecule has 1 amide bonds. The molecule has 0 unspecified atom stereocenters. The summed E-state index contributed by atoms with van der Waals surface area (Å²) in [6.07, 6.45) is 5.79. The van der Waals surface area contributed by atoms with Gasteiger partial charge in [-0.1, -0.05) is 13.0 Å². The predicted octanol–water partition coefficient (Wildman–Crippen LogP) is 3.09. The molecule has 0 spiro atoms. The number of hydrogen-bond acceptors (Lipinski definition) is 5. The smallest absolute Gasteiger partial charge is 0.255 e. The molecule has 0 saturated carbocycles. The number of hydrogen-bond donors (Lipinski definition) is 1. The molecule has 124 valence electrons. The molecule has 1 N–H and O–H groups in total. The number of amides is 1. The van der Waals surface area contributed by atoms with Gasteiger partial charge in [-0.3, -0.25) is 4.79 Å². The molecule has 0 aliphatic rings. The van der Waals surface area contributed by atoms with Crippen LogP contribution in [-0.4, -0.2) is 25.7 Å². The molecular formula is C17H19N5OS. The van der Waals surface area contributed by atoms with Gasteiger partial charge >= 0.3 is 0 Å². The Bertz CT molecular complexity index is 828. The first-order valence-electron chi connectivity index (χ1n) is 7.73. The zero-order valence-electron chi connectivity index (χ0n) is 13.9. The number of thiazole rings is 1. The Balaban J connectivity index is 1.87. The average Bonchev–Trinajstić information content (AvgIpc) is 3.25. The zero-order valence-corrected chi connectivity index (χ0v) is 14.7. The van der Waals surface area contributed by atoms with Gasteiger partial charge in [0.25, 0.3) is 5.91 Å². The van der Waals surface area contributed by atoms with Crippen LogP contribution < -0.4 is 5.32 Å². The lowest BCUT2D eigenvalue weighted by Crippen LogP contribution is -2.43. The van der Waals surface area contributed by atoms with Crippen molar-refractivity contribution in [2.75, 3.05) is 0 Å². The summed E-state index contributed by atoms with van der Waals surface area (Å²) in [5.41, 5.74) is 0.797. The highest BCUT2D eigenvalue weighted by atomic mass is 32.1. The summed E-state index contributed by atoms with van der Waals surface area (Å²) in [4.78, 5) is 21.4. The van der Waals surface area contributed by atoms with E-state index in [9.17, 15) is 4.79 Å². The van der Waals surface area contributed by atoms with Crippen LogP contribution in [-0.2, 0) is 5.54 Å². The van der Waals surface area contributed by atoms with E-state index in [0.29, 0.717) is 11.4 Å². The molecule has 3 aromatic rings. The number of aromatic nitrogens is 4. The van der Waals surface area contributed by atoms with E-state index in [1.54, 1.807) is 34.6 Å². The molecule has 0 aliphatic carbocycles. The van der Waals surface area contributed by atoms with E-state index in [1.807, 2.05) is 44.4 Å². The Morgan fingerprint density at radius 3 is 2.79 bits per heavy atom. The van der Waals surface area contributed by atoms with Crippen molar-refractivity contribution >= 4 is 17.2 Å². The van der Waals surface area contributed by atoms with Crippen molar-refractivity contribution in [2.45, 2.75) is 32.7 Å². The van der Waals surface area contributed by atoms with Crippen LogP contribution in [0.4, 0.5) is 0 Å². The van der Waals surface area contributed by atoms with Crippen LogP contribution >= 0.6 is 11.3 Å². The van der Waals surface area contributed by atoms with Gasteiger partial charge in [0.1, 0.15) is 5.01 Å². The van der Waals surface area contributed by atoms with E-state index in [-0.39, 0.29) is 5.91 Å². The van der Waals surface area contributed by atoms with Crippen molar-refractivity contribution in [3.05, 3.63) is 58.4 Å². The van der Waals surface area contributed by atoms with E-state index in [0.717, 1.165) is 17.1 Å². The third kappa shape index (κ3) is 2.94. The fraction of sp³-hybridized carbons (Fsp3) is 0.294. The Morgan fingerprint density at radius 2 is 2.17 bits per heavy atom. The number of nitrogens with zero attached hydrogens (tertiary/aromatic N) is 4. The lowest BCUT2D eigenvalue weighted by atomic mass is 9.99. The van der Waals surface area contributed by atoms with Crippen molar-refractivity contribution in [2.24, 2.45) is 0 Å². The van der Waals surface area contributed by atoms with Crippen LogP contribution in [0.3, 0.4) is 0 Å². The van der Waals surface area contributed by atoms with Crippen LogP contribution in [0.15, 0.2) is 42.2 Å². The van der Waals surface area contributed by atoms with Gasteiger partial charge in [0, 0.05) is 17.8 Å². The number of rotatable bonds is 5. The SMILES string of the molecule is CC[C@@](C)(NC(=O)c1cnn(-c2ccccn2)c1C)c1nccs1. The highest BCUT2D eigenvalue weighted by molar-refractivity contribution is 7.09. The van der Waals surface area contributed by atoms with Crippen molar-refractivity contribution in [1.82, 2.24) is 25.1 Å². The summed E-state index contributed by atoms with van der Waals surface area (Å²) in [5, 5.41) is 10.2. The minimum atomic E-state index is -0.495. The molecule has 6 nitrogen and oxygen atoms in total. The molecule has 3 rings (SSSR count). The normalized spacial score (nSPS) is 13.5. The monoisotopic (exact) mass is 341 g/mol. The molecule has 0 saturated heterocycles. The van der Waals surface area contributed by atoms with Crippen LogP contribution in [0, 0.1) is 6.92 Å². The molecule has 0 aromatic carbocycles. The van der Waals surface area contributed by atoms with Gasteiger partial charge in [0.15, 0.2) is 5.82 Å². The minimum absolute atomic E-state index is 0.158. The Labute approximate surface area is 144 Å². The highest BCUT2D eigenvalue weighted by Gasteiger charge is 2.30. The number of carbonyl (C=O) groups excluding carboxylic acids is 1. The summed E-state index contributed by atoms with van der Waals surface area (Å²) in [6, 6.07) is 5.59. The van der Waals surface area contributed by atoms with Crippen LogP contribution in [0.5, 0.6) is 0 Å². The van der Waals surface area contributed by atoms with Gasteiger partial charge in [-0.15, -0.1) is 11.3 Å². The first-order chi connectivity index (χ1) is 11.5. The molecule has 0 aliphatic heterocycles. The number of pyridine rings is 1. The van der Waals surface area contributed by atoms with Crippen LogP contribution in [0.1, 0.15) is 41.3 Å². The van der Waals surface area contributed by atoms with E-state index in [2.05, 4.69) is 20.4 Å². The fourth-order valence-electron chi connectivity index (χ4n) is 2.45. The molecule has 7 heteroatoms. The molecule has 1 atom stereocenters. The van der Waals surface area contributed by atoms with Gasteiger partial charge in [-0.2, -0.15) is 5.10 Å². The van der Waals surface area contributed by atoms with E-state index in [4.69, 9.17) is 0 Å². The second kappa shape index (κ2) is 6.52. The first-order valence-corrected chi connectivity index (χ1v) is 8.61. The highest BCUT2D eigenvalue weighted by Crippen LogP contribution is 2.27. The van der Waals surface area contributed by atoms with E-state index in [1.165, 1.54) is 0 Å². The second-order valence-electron chi connectivity index (χ2n) is 5.72. The zero-order chi connectivity index (χ0) is 17.2. The van der Waals surface area contributed by atoms with Gasteiger partial charge in [0.05, 0.1) is 23.0 Å². The number of carbonyl (C=O) groups is 1. The molecule has 0 bridgehead atoms. The minimum Gasteiger partial charge on any atom is -0.340 e. The van der Waals surface area contributed by atoms with Crippen molar-refractivity contribution in [3.8, 4) is 5.82 Å². The molecule has 0 radical (unpaired) electrons. The maximum Gasteiger partial charge on any atom is 0.255 e. The summed E-state index contributed by atoms with van der Waals surface area (Å²) in [7, 11) is 0. The Kier molecular flexibility index (Phi) is 4.44. The van der Waals surface area contributed by atoms with Crippen molar-refractivity contribution in [3.63, 3.8) is 0 Å². The maximum atomic E-state index is 12.8. The molecule has 24 heavy (non-hydrogen) atoms. The fourth-order valence-corrected chi connectivity index (χ4v) is 3.28. The summed E-state index contributed by atoms with van der Waals surface area (Å²) < 4.78 is 1.67. The molecule has 3 aromatic heterocycles. The summed E-state index contributed by atoms with van der Waals surface area (Å²) in [5.74, 6) is 0.529.